The van der Waals surface area contributed by atoms with Crippen LogP contribution in [0.2, 0.25) is 0 Å². The molecule has 0 aliphatic rings. The van der Waals surface area contributed by atoms with Gasteiger partial charge in [0, 0.05) is 4.47 Å². The van der Waals surface area contributed by atoms with E-state index >= 15 is 0 Å². The maximum Gasteiger partial charge on any atom is 0.327 e. The highest BCUT2D eigenvalue weighted by Crippen LogP contribution is 2.25. The quantitative estimate of drug-likeness (QED) is 0.765. The van der Waals surface area contributed by atoms with Gasteiger partial charge in [-0.25, -0.2) is 0 Å². The Morgan fingerprint density at radius 1 is 1.33 bits per heavy atom. The van der Waals surface area contributed by atoms with Gasteiger partial charge in [-0.3, -0.25) is 9.48 Å². The van der Waals surface area contributed by atoms with Crippen LogP contribution in [0.5, 0.6) is 0 Å². The van der Waals surface area contributed by atoms with E-state index in [0.29, 0.717) is 12.5 Å². The molecule has 0 unspecified atom stereocenters. The summed E-state index contributed by atoms with van der Waals surface area (Å²) in [6, 6.07) is 10.0. The van der Waals surface area contributed by atoms with E-state index in [1.807, 2.05) is 30.3 Å². The molecule has 21 heavy (non-hydrogen) atoms. The van der Waals surface area contributed by atoms with Crippen LogP contribution >= 0.6 is 15.9 Å². The number of benzene rings is 1. The van der Waals surface area contributed by atoms with Crippen molar-refractivity contribution in [2.45, 2.75) is 33.2 Å². The average Bonchev–Trinajstić information content (AvgIpc) is 2.84. The number of ether oxygens (including phenoxy) is 1. The first-order chi connectivity index (χ1) is 10.0. The summed E-state index contributed by atoms with van der Waals surface area (Å²) in [4.78, 5) is 11.7. The Bertz CT molecular complexity index is 618. The summed E-state index contributed by atoms with van der Waals surface area (Å²) < 4.78 is 7.76. The van der Waals surface area contributed by atoms with Crippen LogP contribution in [0.1, 0.15) is 32.4 Å². The molecule has 0 amide bonds. The van der Waals surface area contributed by atoms with E-state index in [2.05, 4.69) is 34.9 Å². The normalized spacial score (nSPS) is 10.9. The van der Waals surface area contributed by atoms with Crippen molar-refractivity contribution in [2.24, 2.45) is 0 Å². The first-order valence-electron chi connectivity index (χ1n) is 7.00. The third kappa shape index (κ3) is 3.94. The summed E-state index contributed by atoms with van der Waals surface area (Å²) in [5.74, 6) is 0.0388. The largest absolute Gasteiger partial charge is 0.465 e. The summed E-state index contributed by atoms with van der Waals surface area (Å²) >= 11 is 3.43. The molecular formula is C16H19BrN2O2. The minimum atomic E-state index is -0.269. The second kappa shape index (κ2) is 6.89. The van der Waals surface area contributed by atoms with Crippen LogP contribution in [-0.2, 0) is 16.1 Å². The van der Waals surface area contributed by atoms with Crippen molar-refractivity contribution in [3.05, 3.63) is 40.5 Å². The predicted molar refractivity (Wildman–Crippen MR) is 86.1 cm³/mol. The van der Waals surface area contributed by atoms with Gasteiger partial charge < -0.3 is 4.74 Å². The lowest BCUT2D eigenvalue weighted by molar-refractivity contribution is -0.144. The molecule has 4 nitrogen and oxygen atoms in total. The second-order valence-corrected chi connectivity index (χ2v) is 5.99. The summed E-state index contributed by atoms with van der Waals surface area (Å²) in [6.45, 7) is 6.48. The maximum absolute atomic E-state index is 11.7. The van der Waals surface area contributed by atoms with E-state index in [0.717, 1.165) is 21.4 Å². The van der Waals surface area contributed by atoms with E-state index in [1.165, 1.54) is 0 Å². The minimum absolute atomic E-state index is 0.131. The van der Waals surface area contributed by atoms with Crippen LogP contribution in [0.25, 0.3) is 11.3 Å². The van der Waals surface area contributed by atoms with E-state index in [4.69, 9.17) is 4.74 Å². The molecule has 0 bridgehead atoms. The fourth-order valence-corrected chi connectivity index (χ4v) is 2.29. The van der Waals surface area contributed by atoms with Crippen LogP contribution in [0.3, 0.4) is 0 Å². The Morgan fingerprint density at radius 3 is 2.57 bits per heavy atom. The molecule has 0 aliphatic heterocycles. The highest BCUT2D eigenvalue weighted by Gasteiger charge is 2.15. The first kappa shape index (κ1) is 15.8. The standard InChI is InChI=1S/C16H19BrN2O2/c1-4-21-16(20)10-19-15(9-14(18-19)11(2)3)12-5-7-13(17)8-6-12/h5-9,11H,4,10H2,1-3H3. The monoisotopic (exact) mass is 350 g/mol. The minimum Gasteiger partial charge on any atom is -0.465 e. The van der Waals surface area contributed by atoms with Crippen LogP contribution in [-0.4, -0.2) is 22.4 Å². The molecule has 0 aliphatic carbocycles. The molecule has 0 radical (unpaired) electrons. The lowest BCUT2D eigenvalue weighted by Gasteiger charge is -2.07. The van der Waals surface area contributed by atoms with Crippen molar-refractivity contribution in [1.82, 2.24) is 9.78 Å². The van der Waals surface area contributed by atoms with Gasteiger partial charge in [0.1, 0.15) is 6.54 Å². The highest BCUT2D eigenvalue weighted by atomic mass is 79.9. The number of nitrogens with zero attached hydrogens (tertiary/aromatic N) is 2. The first-order valence-corrected chi connectivity index (χ1v) is 7.80. The maximum atomic E-state index is 11.7. The predicted octanol–water partition coefficient (Wildman–Crippen LogP) is 4.00. The molecule has 2 aromatic rings. The fraction of sp³-hybridized carbons (Fsp3) is 0.375. The number of hydrogen-bond acceptors (Lipinski definition) is 3. The third-order valence-electron chi connectivity index (χ3n) is 3.11. The van der Waals surface area contributed by atoms with Gasteiger partial charge in [0.05, 0.1) is 18.0 Å². The Balaban J connectivity index is 2.38. The molecule has 112 valence electrons. The number of hydrogen-bond donors (Lipinski definition) is 0. The van der Waals surface area contributed by atoms with Gasteiger partial charge in [0.15, 0.2) is 0 Å². The van der Waals surface area contributed by atoms with E-state index in [-0.39, 0.29) is 12.5 Å². The van der Waals surface area contributed by atoms with E-state index in [1.54, 1.807) is 11.6 Å². The Kier molecular flexibility index (Phi) is 5.17. The summed E-state index contributed by atoms with van der Waals surface area (Å²) in [5.41, 5.74) is 2.93. The lowest BCUT2D eigenvalue weighted by atomic mass is 10.1. The SMILES string of the molecule is CCOC(=O)Cn1nc(C(C)C)cc1-c1ccc(Br)cc1. The van der Waals surface area contributed by atoms with Gasteiger partial charge in [-0.15, -0.1) is 0 Å². The van der Waals surface area contributed by atoms with Crippen molar-refractivity contribution in [3.63, 3.8) is 0 Å². The average molecular weight is 351 g/mol. The molecule has 1 heterocycles. The molecule has 0 atom stereocenters. The molecule has 1 aromatic carbocycles. The molecule has 0 saturated carbocycles. The molecular weight excluding hydrogens is 332 g/mol. The number of rotatable bonds is 5. The van der Waals surface area contributed by atoms with Gasteiger partial charge in [-0.1, -0.05) is 41.9 Å². The number of esters is 1. The van der Waals surface area contributed by atoms with Crippen LogP contribution in [0, 0.1) is 0 Å². The van der Waals surface area contributed by atoms with Crippen LogP contribution in [0.4, 0.5) is 0 Å². The van der Waals surface area contributed by atoms with Gasteiger partial charge >= 0.3 is 5.97 Å². The molecule has 0 spiro atoms. The van der Waals surface area contributed by atoms with Gasteiger partial charge in [-0.2, -0.15) is 5.10 Å². The number of aromatic nitrogens is 2. The van der Waals surface area contributed by atoms with Crippen LogP contribution < -0.4 is 0 Å². The fourth-order valence-electron chi connectivity index (χ4n) is 2.02. The van der Waals surface area contributed by atoms with Crippen molar-refractivity contribution in [3.8, 4) is 11.3 Å². The van der Waals surface area contributed by atoms with Gasteiger partial charge in [0.25, 0.3) is 0 Å². The zero-order valence-electron chi connectivity index (χ0n) is 12.5. The van der Waals surface area contributed by atoms with Crippen molar-refractivity contribution >= 4 is 21.9 Å². The van der Waals surface area contributed by atoms with Gasteiger partial charge in [-0.05, 0) is 36.6 Å². The zero-order valence-corrected chi connectivity index (χ0v) is 14.1. The third-order valence-corrected chi connectivity index (χ3v) is 3.64. The molecule has 0 fully saturated rings. The number of carbonyl (C=O) groups excluding carboxylic acids is 1. The second-order valence-electron chi connectivity index (χ2n) is 5.08. The summed E-state index contributed by atoms with van der Waals surface area (Å²) in [6.07, 6.45) is 0. The van der Waals surface area contributed by atoms with Gasteiger partial charge in [0.2, 0.25) is 0 Å². The lowest BCUT2D eigenvalue weighted by Crippen LogP contribution is -2.15. The number of halogens is 1. The smallest absolute Gasteiger partial charge is 0.327 e. The topological polar surface area (TPSA) is 44.1 Å². The molecule has 1 aromatic heterocycles. The van der Waals surface area contributed by atoms with Crippen LogP contribution in [0.15, 0.2) is 34.8 Å². The van der Waals surface area contributed by atoms with Crippen molar-refractivity contribution < 1.29 is 9.53 Å². The zero-order chi connectivity index (χ0) is 15.4. The van der Waals surface area contributed by atoms with Crippen molar-refractivity contribution in [2.75, 3.05) is 6.61 Å². The molecule has 5 heteroatoms. The molecule has 2 rings (SSSR count). The van der Waals surface area contributed by atoms with E-state index < -0.39 is 0 Å². The molecule has 0 N–H and O–H groups in total. The summed E-state index contributed by atoms with van der Waals surface area (Å²) in [5, 5.41) is 4.53. The highest BCUT2D eigenvalue weighted by molar-refractivity contribution is 9.10. The Labute approximate surface area is 133 Å². The van der Waals surface area contributed by atoms with E-state index in [9.17, 15) is 4.79 Å². The summed E-state index contributed by atoms with van der Waals surface area (Å²) in [7, 11) is 0. The number of carbonyl (C=O) groups is 1. The van der Waals surface area contributed by atoms with Crippen molar-refractivity contribution in [1.29, 1.82) is 0 Å². The Morgan fingerprint density at radius 2 is 2.00 bits per heavy atom. The molecule has 0 saturated heterocycles. The Hall–Kier alpha value is -1.62.